The maximum Gasteiger partial charge on any atom is 0.121 e. The topological polar surface area (TPSA) is 39.2 Å². The van der Waals surface area contributed by atoms with Crippen molar-refractivity contribution in [2.24, 2.45) is 11.7 Å². The highest BCUT2D eigenvalue weighted by Crippen LogP contribution is 2.36. The van der Waals surface area contributed by atoms with Gasteiger partial charge >= 0.3 is 0 Å². The largest absolute Gasteiger partial charge is 0.464 e. The lowest BCUT2D eigenvalue weighted by Gasteiger charge is -2.29. The highest BCUT2D eigenvalue weighted by atomic mass is 16.3. The summed E-state index contributed by atoms with van der Waals surface area (Å²) >= 11 is 0. The zero-order valence-electron chi connectivity index (χ0n) is 8.12. The van der Waals surface area contributed by atoms with Gasteiger partial charge in [-0.25, -0.2) is 0 Å². The predicted octanol–water partition coefficient (Wildman–Crippen LogP) is 2.64. The fraction of sp³-hybridized carbons (Fsp3) is 0.636. The van der Waals surface area contributed by atoms with Gasteiger partial charge in [0.1, 0.15) is 11.5 Å². The van der Waals surface area contributed by atoms with Crippen LogP contribution < -0.4 is 5.73 Å². The molecule has 0 saturated heterocycles. The Morgan fingerprint density at radius 2 is 2.31 bits per heavy atom. The van der Waals surface area contributed by atoms with Crippen molar-refractivity contribution in [3.05, 3.63) is 23.7 Å². The summed E-state index contributed by atoms with van der Waals surface area (Å²) in [5.41, 5.74) is 6.07. The summed E-state index contributed by atoms with van der Waals surface area (Å²) in [6.45, 7) is 2.09. The fourth-order valence-electron chi connectivity index (χ4n) is 1.79. The highest BCUT2D eigenvalue weighted by Gasteiger charge is 2.27. The van der Waals surface area contributed by atoms with Crippen LogP contribution in [0.5, 0.6) is 0 Å². The van der Waals surface area contributed by atoms with Crippen LogP contribution in [-0.4, -0.2) is 0 Å². The van der Waals surface area contributed by atoms with E-state index in [0.29, 0.717) is 5.92 Å². The molecule has 13 heavy (non-hydrogen) atoms. The van der Waals surface area contributed by atoms with E-state index in [1.165, 1.54) is 19.3 Å². The van der Waals surface area contributed by atoms with Crippen molar-refractivity contribution in [1.82, 2.24) is 0 Å². The van der Waals surface area contributed by atoms with Gasteiger partial charge in [0.15, 0.2) is 0 Å². The summed E-state index contributed by atoms with van der Waals surface area (Å²) in [5, 5.41) is 0. The molecule has 1 saturated carbocycles. The van der Waals surface area contributed by atoms with E-state index in [2.05, 4.69) is 6.92 Å². The van der Waals surface area contributed by atoms with Crippen LogP contribution in [0.3, 0.4) is 0 Å². The van der Waals surface area contributed by atoms with Gasteiger partial charge < -0.3 is 10.2 Å². The van der Waals surface area contributed by atoms with Crippen LogP contribution in [0, 0.1) is 5.92 Å². The summed E-state index contributed by atoms with van der Waals surface area (Å²) in [6, 6.07) is 4.20. The molecule has 2 nitrogen and oxygen atoms in total. The van der Waals surface area contributed by atoms with Crippen molar-refractivity contribution in [1.29, 1.82) is 0 Å². The van der Waals surface area contributed by atoms with Gasteiger partial charge in [-0.3, -0.25) is 0 Å². The van der Waals surface area contributed by atoms with Gasteiger partial charge in [0.05, 0.1) is 6.04 Å². The first kappa shape index (κ1) is 8.82. The normalized spacial score (nSPS) is 19.8. The van der Waals surface area contributed by atoms with Crippen LogP contribution in [0.1, 0.15) is 43.7 Å². The molecule has 2 N–H and O–H groups in total. The fourth-order valence-corrected chi connectivity index (χ4v) is 1.79. The minimum Gasteiger partial charge on any atom is -0.464 e. The van der Waals surface area contributed by atoms with Crippen LogP contribution in [0.25, 0.3) is 0 Å². The molecule has 0 radical (unpaired) electrons. The Morgan fingerprint density at radius 3 is 2.77 bits per heavy atom. The molecule has 1 fully saturated rings. The first-order chi connectivity index (χ1) is 6.31. The van der Waals surface area contributed by atoms with Crippen LogP contribution >= 0.6 is 0 Å². The number of furan rings is 1. The third-order valence-electron chi connectivity index (χ3n) is 3.02. The summed E-state index contributed by atoms with van der Waals surface area (Å²) in [4.78, 5) is 0. The zero-order valence-corrected chi connectivity index (χ0v) is 8.12. The number of rotatable bonds is 3. The van der Waals surface area contributed by atoms with Gasteiger partial charge in [-0.15, -0.1) is 0 Å². The number of nitrogens with two attached hydrogens (primary N) is 1. The van der Waals surface area contributed by atoms with Gasteiger partial charge in [-0.2, -0.15) is 0 Å². The Kier molecular flexibility index (Phi) is 2.40. The third kappa shape index (κ3) is 1.63. The lowest BCUT2D eigenvalue weighted by molar-refractivity contribution is 0.239. The molecule has 0 unspecified atom stereocenters. The molecule has 0 aromatic carbocycles. The Hall–Kier alpha value is -0.760. The lowest BCUT2D eigenvalue weighted by Crippen LogP contribution is -2.26. The van der Waals surface area contributed by atoms with Crippen LogP contribution in [0.4, 0.5) is 0 Å². The predicted molar refractivity (Wildman–Crippen MR) is 52.4 cm³/mol. The SMILES string of the molecule is CCc1ccc([C@@H](N)C2CCC2)o1. The van der Waals surface area contributed by atoms with Crippen molar-refractivity contribution in [3.63, 3.8) is 0 Å². The first-order valence-electron chi connectivity index (χ1n) is 5.15. The molecule has 2 rings (SSSR count). The van der Waals surface area contributed by atoms with Gasteiger partial charge in [0.2, 0.25) is 0 Å². The minimum absolute atomic E-state index is 0.133. The smallest absolute Gasteiger partial charge is 0.121 e. The van der Waals surface area contributed by atoms with Crippen LogP contribution in [0.15, 0.2) is 16.5 Å². The second-order valence-corrected chi connectivity index (χ2v) is 3.87. The Balaban J connectivity index is 2.05. The van der Waals surface area contributed by atoms with Gasteiger partial charge in [0.25, 0.3) is 0 Å². The van der Waals surface area contributed by atoms with E-state index < -0.39 is 0 Å². The highest BCUT2D eigenvalue weighted by molar-refractivity contribution is 5.11. The monoisotopic (exact) mass is 179 g/mol. The zero-order chi connectivity index (χ0) is 9.26. The molecule has 72 valence electrons. The van der Waals surface area contributed by atoms with Crippen molar-refractivity contribution >= 4 is 0 Å². The number of hydrogen-bond acceptors (Lipinski definition) is 2. The van der Waals surface area contributed by atoms with Crippen LogP contribution in [0.2, 0.25) is 0 Å². The second kappa shape index (κ2) is 3.54. The molecule has 0 spiro atoms. The van der Waals surface area contributed by atoms with E-state index in [4.69, 9.17) is 10.2 Å². The average Bonchev–Trinajstić information content (AvgIpc) is 2.48. The van der Waals surface area contributed by atoms with E-state index in [1.54, 1.807) is 0 Å². The maximum absolute atomic E-state index is 6.07. The molecule has 1 aliphatic rings. The van der Waals surface area contributed by atoms with E-state index in [-0.39, 0.29) is 6.04 Å². The molecule has 0 amide bonds. The average molecular weight is 179 g/mol. The van der Waals surface area contributed by atoms with Crippen molar-refractivity contribution < 1.29 is 4.42 Å². The molecule has 1 atom stereocenters. The standard InChI is InChI=1S/C11H17NO/c1-2-9-6-7-10(13-9)11(12)8-4-3-5-8/h6-8,11H,2-5,12H2,1H3/t11-/m0/s1. The quantitative estimate of drug-likeness (QED) is 0.774. The number of aryl methyl sites for hydroxylation is 1. The molecule has 1 aromatic heterocycles. The molecular formula is C11H17NO. The summed E-state index contributed by atoms with van der Waals surface area (Å²) in [6.07, 6.45) is 4.82. The molecular weight excluding hydrogens is 162 g/mol. The van der Waals surface area contributed by atoms with E-state index in [0.717, 1.165) is 17.9 Å². The lowest BCUT2D eigenvalue weighted by atomic mass is 9.79. The van der Waals surface area contributed by atoms with E-state index in [1.807, 2.05) is 12.1 Å². The van der Waals surface area contributed by atoms with E-state index >= 15 is 0 Å². The molecule has 0 bridgehead atoms. The molecule has 0 aliphatic heterocycles. The Bertz CT molecular complexity index is 275. The molecule has 1 aliphatic carbocycles. The third-order valence-corrected chi connectivity index (χ3v) is 3.02. The Labute approximate surface area is 79.1 Å². The first-order valence-corrected chi connectivity index (χ1v) is 5.15. The van der Waals surface area contributed by atoms with Gasteiger partial charge in [-0.1, -0.05) is 13.3 Å². The Morgan fingerprint density at radius 1 is 1.54 bits per heavy atom. The second-order valence-electron chi connectivity index (χ2n) is 3.87. The van der Waals surface area contributed by atoms with Crippen molar-refractivity contribution in [3.8, 4) is 0 Å². The summed E-state index contributed by atoms with van der Waals surface area (Å²) in [5.74, 6) is 2.68. The minimum atomic E-state index is 0.133. The summed E-state index contributed by atoms with van der Waals surface area (Å²) in [7, 11) is 0. The summed E-state index contributed by atoms with van der Waals surface area (Å²) < 4.78 is 5.63. The van der Waals surface area contributed by atoms with Crippen molar-refractivity contribution in [2.75, 3.05) is 0 Å². The molecule has 2 heteroatoms. The van der Waals surface area contributed by atoms with Gasteiger partial charge in [0, 0.05) is 6.42 Å². The molecule has 1 heterocycles. The molecule has 1 aromatic rings. The van der Waals surface area contributed by atoms with Crippen molar-refractivity contribution in [2.45, 2.75) is 38.6 Å². The van der Waals surface area contributed by atoms with Crippen LogP contribution in [-0.2, 0) is 6.42 Å². The maximum atomic E-state index is 6.07. The number of hydrogen-bond donors (Lipinski definition) is 1. The van der Waals surface area contributed by atoms with Gasteiger partial charge in [-0.05, 0) is 30.9 Å². The van der Waals surface area contributed by atoms with E-state index in [9.17, 15) is 0 Å².